The van der Waals surface area contributed by atoms with Crippen LogP contribution in [0.5, 0.6) is 5.75 Å². The highest BCUT2D eigenvalue weighted by Crippen LogP contribution is 2.36. The smallest absolute Gasteiger partial charge is 0.250 e. The molecular formula is C24H27N5O5. The lowest BCUT2D eigenvalue weighted by atomic mass is 9.83. The van der Waals surface area contributed by atoms with Gasteiger partial charge >= 0.3 is 0 Å². The third-order valence-electron chi connectivity index (χ3n) is 6.78. The van der Waals surface area contributed by atoms with E-state index in [2.05, 4.69) is 10.00 Å². The van der Waals surface area contributed by atoms with Gasteiger partial charge in [-0.2, -0.15) is 5.10 Å². The van der Waals surface area contributed by atoms with E-state index in [0.29, 0.717) is 30.3 Å². The van der Waals surface area contributed by atoms with Gasteiger partial charge < -0.3 is 19.8 Å². The summed E-state index contributed by atoms with van der Waals surface area (Å²) < 4.78 is 9.48. The normalized spacial score (nSPS) is 20.6. The largest absolute Gasteiger partial charge is 0.502 e. The summed E-state index contributed by atoms with van der Waals surface area (Å²) in [5, 5.41) is 14.6. The van der Waals surface area contributed by atoms with Crippen molar-refractivity contribution < 1.29 is 14.3 Å². The highest BCUT2D eigenvalue weighted by molar-refractivity contribution is 5.75. The Labute approximate surface area is 195 Å². The first-order valence-corrected chi connectivity index (χ1v) is 11.3. The highest BCUT2D eigenvalue weighted by Gasteiger charge is 2.35. The van der Waals surface area contributed by atoms with Gasteiger partial charge in [0.05, 0.1) is 18.7 Å². The number of aryl methyl sites for hydroxylation is 1. The minimum absolute atomic E-state index is 0.0170. The van der Waals surface area contributed by atoms with Gasteiger partial charge in [0, 0.05) is 68.6 Å². The molecule has 178 valence electrons. The van der Waals surface area contributed by atoms with Crippen molar-refractivity contribution >= 4 is 5.91 Å². The standard InChI is InChI=1S/C24H27N5O5/c1-27-11-16(8-26-27)18(7-21(25)31)24-23(33)20(30)6-17(34-24)13-28-9-14-5-15(12-28)19-3-2-4-22(32)29(19)10-14/h2-4,6,8,11,14-15,18,33H,5,7,9-10,12-13H2,1H3,(H2,25,31). The number of piperidine rings is 1. The molecule has 0 aliphatic carbocycles. The number of pyridine rings is 1. The van der Waals surface area contributed by atoms with Crippen LogP contribution in [-0.4, -0.2) is 43.4 Å². The van der Waals surface area contributed by atoms with E-state index in [1.807, 2.05) is 10.6 Å². The van der Waals surface area contributed by atoms with Crippen LogP contribution in [0, 0.1) is 5.92 Å². The van der Waals surface area contributed by atoms with E-state index in [0.717, 1.165) is 25.2 Å². The molecule has 10 nitrogen and oxygen atoms in total. The molecule has 3 unspecified atom stereocenters. The van der Waals surface area contributed by atoms with Crippen molar-refractivity contribution in [1.29, 1.82) is 0 Å². The molecule has 1 fully saturated rings. The number of carbonyl (C=O) groups is 1. The van der Waals surface area contributed by atoms with Crippen LogP contribution in [0.15, 0.2) is 50.7 Å². The lowest BCUT2D eigenvalue weighted by molar-refractivity contribution is -0.118. The monoisotopic (exact) mass is 465 g/mol. The minimum atomic E-state index is -0.724. The van der Waals surface area contributed by atoms with E-state index >= 15 is 0 Å². The van der Waals surface area contributed by atoms with Crippen LogP contribution in [0.4, 0.5) is 0 Å². The molecule has 3 atom stereocenters. The zero-order valence-corrected chi connectivity index (χ0v) is 18.9. The van der Waals surface area contributed by atoms with Gasteiger partial charge in [-0.05, 0) is 18.4 Å². The van der Waals surface area contributed by atoms with Gasteiger partial charge in [0.2, 0.25) is 17.1 Å². The summed E-state index contributed by atoms with van der Waals surface area (Å²) in [6.07, 6.45) is 4.15. The molecule has 1 saturated heterocycles. The number of rotatable bonds is 6. The van der Waals surface area contributed by atoms with Gasteiger partial charge in [0.25, 0.3) is 5.56 Å². The fourth-order valence-electron chi connectivity index (χ4n) is 5.40. The maximum atomic E-state index is 12.6. The molecule has 5 heterocycles. The van der Waals surface area contributed by atoms with Crippen molar-refractivity contribution in [3.05, 3.63) is 80.0 Å². The van der Waals surface area contributed by atoms with Gasteiger partial charge in [-0.15, -0.1) is 0 Å². The van der Waals surface area contributed by atoms with Crippen LogP contribution < -0.4 is 16.7 Å². The van der Waals surface area contributed by atoms with Crippen molar-refractivity contribution in [3.8, 4) is 5.75 Å². The minimum Gasteiger partial charge on any atom is -0.502 e. The predicted molar refractivity (Wildman–Crippen MR) is 122 cm³/mol. The van der Waals surface area contributed by atoms with Crippen LogP contribution in [0.2, 0.25) is 0 Å². The molecule has 3 aromatic rings. The Morgan fingerprint density at radius 1 is 1.29 bits per heavy atom. The summed E-state index contributed by atoms with van der Waals surface area (Å²) >= 11 is 0. The Kier molecular flexibility index (Phi) is 5.60. The summed E-state index contributed by atoms with van der Waals surface area (Å²) in [7, 11) is 1.73. The van der Waals surface area contributed by atoms with Crippen LogP contribution in [-0.2, 0) is 24.9 Å². The Bertz CT molecular complexity index is 1360. The van der Waals surface area contributed by atoms with Crippen LogP contribution in [0.25, 0.3) is 0 Å². The molecular weight excluding hydrogens is 438 g/mol. The molecule has 2 aliphatic rings. The first kappa shape index (κ1) is 22.1. The van der Waals surface area contributed by atoms with Crippen molar-refractivity contribution in [2.24, 2.45) is 18.7 Å². The number of nitrogens with two attached hydrogens (primary N) is 1. The van der Waals surface area contributed by atoms with Gasteiger partial charge in [0.15, 0.2) is 5.76 Å². The molecule has 10 heteroatoms. The first-order valence-electron chi connectivity index (χ1n) is 11.3. The topological polar surface area (TPSA) is 137 Å². The van der Waals surface area contributed by atoms with E-state index in [1.54, 1.807) is 36.3 Å². The predicted octanol–water partition coefficient (Wildman–Crippen LogP) is 0.867. The number of fused-ring (bicyclic) bond motifs is 4. The molecule has 5 rings (SSSR count). The SMILES string of the molecule is Cn1cc(C(CC(N)=O)c2oc(CN3CC4CC(C3)c3cccc(=O)n3C4)cc(=O)c2O)cn1. The second kappa shape index (κ2) is 8.60. The molecule has 3 N–H and O–H groups in total. The van der Waals surface area contributed by atoms with Crippen molar-refractivity contribution in [1.82, 2.24) is 19.2 Å². The number of amides is 1. The Morgan fingerprint density at radius 2 is 2.12 bits per heavy atom. The number of carbonyl (C=O) groups excluding carboxylic acids is 1. The molecule has 2 bridgehead atoms. The lowest BCUT2D eigenvalue weighted by Crippen LogP contribution is -2.46. The average molecular weight is 466 g/mol. The highest BCUT2D eigenvalue weighted by atomic mass is 16.4. The Hall–Kier alpha value is -3.66. The fourth-order valence-corrected chi connectivity index (χ4v) is 5.40. The van der Waals surface area contributed by atoms with E-state index in [9.17, 15) is 19.5 Å². The summed E-state index contributed by atoms with van der Waals surface area (Å²) in [6, 6.07) is 6.70. The van der Waals surface area contributed by atoms with Gasteiger partial charge in [-0.1, -0.05) is 6.07 Å². The number of likely N-dealkylation sites (tertiary alicyclic amines) is 1. The van der Waals surface area contributed by atoms with E-state index in [4.69, 9.17) is 10.2 Å². The third kappa shape index (κ3) is 4.16. The molecule has 34 heavy (non-hydrogen) atoms. The molecule has 0 radical (unpaired) electrons. The summed E-state index contributed by atoms with van der Waals surface area (Å²) in [5.74, 6) is -0.861. The fraction of sp³-hybridized carbons (Fsp3) is 0.417. The molecule has 1 amide bonds. The number of nitrogens with zero attached hydrogens (tertiary/aromatic N) is 4. The van der Waals surface area contributed by atoms with Gasteiger partial charge in [-0.25, -0.2) is 0 Å². The van der Waals surface area contributed by atoms with Crippen molar-refractivity contribution in [3.63, 3.8) is 0 Å². The van der Waals surface area contributed by atoms with E-state index in [-0.39, 0.29) is 23.7 Å². The lowest BCUT2D eigenvalue weighted by Gasteiger charge is -2.42. The molecule has 0 spiro atoms. The van der Waals surface area contributed by atoms with Crippen LogP contribution >= 0.6 is 0 Å². The van der Waals surface area contributed by atoms with Gasteiger partial charge in [0.1, 0.15) is 5.76 Å². The van der Waals surface area contributed by atoms with E-state index in [1.165, 1.54) is 6.07 Å². The maximum Gasteiger partial charge on any atom is 0.250 e. The van der Waals surface area contributed by atoms with Gasteiger partial charge in [-0.3, -0.25) is 24.0 Å². The third-order valence-corrected chi connectivity index (χ3v) is 6.78. The molecule has 0 saturated carbocycles. The number of hydrogen-bond acceptors (Lipinski definition) is 7. The molecule has 0 aromatic carbocycles. The molecule has 3 aromatic heterocycles. The maximum absolute atomic E-state index is 12.6. The Morgan fingerprint density at radius 3 is 2.85 bits per heavy atom. The number of aromatic hydroxyl groups is 1. The Balaban J connectivity index is 1.44. The summed E-state index contributed by atoms with van der Waals surface area (Å²) in [5.41, 5.74) is 6.58. The first-order chi connectivity index (χ1) is 16.3. The second-order valence-electron chi connectivity index (χ2n) is 9.35. The zero-order valence-electron chi connectivity index (χ0n) is 18.9. The average Bonchev–Trinajstić information content (AvgIpc) is 3.21. The molecule has 2 aliphatic heterocycles. The second-order valence-corrected chi connectivity index (χ2v) is 9.35. The summed E-state index contributed by atoms with van der Waals surface area (Å²) in [4.78, 5) is 38.9. The van der Waals surface area contributed by atoms with Crippen LogP contribution in [0.3, 0.4) is 0 Å². The van der Waals surface area contributed by atoms with Crippen molar-refractivity contribution in [2.45, 2.75) is 37.8 Å². The number of primary amides is 1. The van der Waals surface area contributed by atoms with E-state index < -0.39 is 23.0 Å². The number of hydrogen-bond donors (Lipinski definition) is 2. The van der Waals surface area contributed by atoms with Crippen LogP contribution in [0.1, 0.15) is 47.5 Å². The number of aromatic nitrogens is 3. The quantitative estimate of drug-likeness (QED) is 0.551. The summed E-state index contributed by atoms with van der Waals surface area (Å²) in [6.45, 7) is 2.55. The van der Waals surface area contributed by atoms with Crippen molar-refractivity contribution in [2.75, 3.05) is 13.1 Å². The zero-order chi connectivity index (χ0) is 24.0.